The Balaban J connectivity index is 2.01. The highest BCUT2D eigenvalue weighted by Gasteiger charge is 2.32. The minimum Gasteiger partial charge on any atom is -0.494 e. The van der Waals surface area contributed by atoms with Crippen molar-refractivity contribution in [2.75, 3.05) is 32.8 Å². The van der Waals surface area contributed by atoms with Gasteiger partial charge in [-0.3, -0.25) is 14.6 Å². The van der Waals surface area contributed by atoms with E-state index >= 15 is 0 Å². The fraction of sp³-hybridized carbons (Fsp3) is 0.650. The van der Waals surface area contributed by atoms with Crippen LogP contribution in [0.5, 0.6) is 5.75 Å². The molecule has 0 saturated carbocycles. The van der Waals surface area contributed by atoms with Gasteiger partial charge in [0, 0.05) is 25.7 Å². The topological polar surface area (TPSA) is 53.0 Å². The van der Waals surface area contributed by atoms with Crippen LogP contribution in [-0.2, 0) is 4.79 Å². The van der Waals surface area contributed by atoms with Crippen LogP contribution in [-0.4, -0.2) is 59.7 Å². The molecule has 0 aliphatic carbocycles. The number of likely N-dealkylation sites (N-methyl/N-ethyl adjacent to an activating group) is 1. The molecule has 1 heterocycles. The molecule has 140 valence electrons. The molecule has 1 N–H and O–H groups in total. The van der Waals surface area contributed by atoms with Crippen LogP contribution in [0.25, 0.3) is 0 Å². The monoisotopic (exact) mass is 348 g/mol. The number of benzene rings is 1. The highest BCUT2D eigenvalue weighted by molar-refractivity contribution is 5.75. The zero-order chi connectivity index (χ0) is 18.2. The predicted molar refractivity (Wildman–Crippen MR) is 100 cm³/mol. The first-order valence-electron chi connectivity index (χ1n) is 9.50. The van der Waals surface area contributed by atoms with Gasteiger partial charge in [0.25, 0.3) is 0 Å². The average molecular weight is 348 g/mol. The van der Waals surface area contributed by atoms with Gasteiger partial charge in [0.1, 0.15) is 11.8 Å². The van der Waals surface area contributed by atoms with Crippen LogP contribution in [0.1, 0.15) is 51.6 Å². The molecule has 1 aromatic carbocycles. The minimum atomic E-state index is -0.784. The van der Waals surface area contributed by atoms with Crippen molar-refractivity contribution >= 4 is 5.97 Å². The molecule has 0 radical (unpaired) electrons. The molecule has 0 amide bonds. The molecule has 0 spiro atoms. The van der Waals surface area contributed by atoms with Gasteiger partial charge in [-0.2, -0.15) is 0 Å². The molecule has 1 aliphatic rings. The van der Waals surface area contributed by atoms with E-state index in [1.54, 1.807) is 0 Å². The van der Waals surface area contributed by atoms with Crippen molar-refractivity contribution in [3.63, 3.8) is 0 Å². The Morgan fingerprint density at radius 1 is 1.24 bits per heavy atom. The third-order valence-electron chi connectivity index (χ3n) is 5.01. The summed E-state index contributed by atoms with van der Waals surface area (Å²) < 4.78 is 5.73. The molecule has 1 aromatic rings. The maximum atomic E-state index is 11.9. The van der Waals surface area contributed by atoms with Gasteiger partial charge in [0.05, 0.1) is 6.61 Å². The van der Waals surface area contributed by atoms with Crippen molar-refractivity contribution < 1.29 is 14.6 Å². The molecule has 0 aromatic heterocycles. The molecule has 0 bridgehead atoms. The molecule has 1 aliphatic heterocycles. The van der Waals surface area contributed by atoms with Crippen LogP contribution < -0.4 is 4.74 Å². The van der Waals surface area contributed by atoms with Crippen LogP contribution in [0.3, 0.4) is 0 Å². The molecule has 2 atom stereocenters. The lowest BCUT2D eigenvalue weighted by atomic mass is 10.0. The first kappa shape index (κ1) is 19.7. The lowest BCUT2D eigenvalue weighted by molar-refractivity contribution is -0.144. The van der Waals surface area contributed by atoms with E-state index in [4.69, 9.17) is 4.74 Å². The van der Waals surface area contributed by atoms with Gasteiger partial charge in [0.15, 0.2) is 0 Å². The zero-order valence-electron chi connectivity index (χ0n) is 15.8. The summed E-state index contributed by atoms with van der Waals surface area (Å²) in [5.74, 6) is 0.0296. The van der Waals surface area contributed by atoms with E-state index in [-0.39, 0.29) is 0 Å². The number of hydrogen-bond acceptors (Lipinski definition) is 4. The van der Waals surface area contributed by atoms with E-state index < -0.39 is 12.0 Å². The first-order valence-corrected chi connectivity index (χ1v) is 9.50. The third kappa shape index (κ3) is 5.44. The van der Waals surface area contributed by atoms with E-state index in [1.165, 1.54) is 12.8 Å². The summed E-state index contributed by atoms with van der Waals surface area (Å²) in [5, 5.41) is 9.77. The molecule has 5 heteroatoms. The number of rotatable bonds is 9. The van der Waals surface area contributed by atoms with Crippen LogP contribution >= 0.6 is 0 Å². The van der Waals surface area contributed by atoms with Crippen molar-refractivity contribution in [1.29, 1.82) is 0 Å². The van der Waals surface area contributed by atoms with Gasteiger partial charge in [0.2, 0.25) is 0 Å². The lowest BCUT2D eigenvalue weighted by Crippen LogP contribution is -2.53. The van der Waals surface area contributed by atoms with Crippen LogP contribution in [0.15, 0.2) is 24.3 Å². The Morgan fingerprint density at radius 3 is 2.52 bits per heavy atom. The Morgan fingerprint density at radius 2 is 1.96 bits per heavy atom. The number of piperazine rings is 1. The number of aliphatic carboxylic acids is 1. The maximum Gasteiger partial charge on any atom is 0.325 e. The molecular formula is C20H32N2O3. The Kier molecular flexibility index (Phi) is 7.72. The third-order valence-corrected chi connectivity index (χ3v) is 5.01. The molecule has 1 saturated heterocycles. The average Bonchev–Trinajstić information content (AvgIpc) is 2.60. The first-order chi connectivity index (χ1) is 12.1. The van der Waals surface area contributed by atoms with Gasteiger partial charge in [-0.25, -0.2) is 0 Å². The number of nitrogens with zero attached hydrogens (tertiary/aromatic N) is 2. The Hall–Kier alpha value is -1.59. The predicted octanol–water partition coefficient (Wildman–Crippen LogP) is 3.41. The summed E-state index contributed by atoms with van der Waals surface area (Å²) in [4.78, 5) is 16.4. The smallest absolute Gasteiger partial charge is 0.325 e. The highest BCUT2D eigenvalue weighted by atomic mass is 16.5. The fourth-order valence-corrected chi connectivity index (χ4v) is 3.53. The number of carbonyl (C=O) groups is 1. The van der Waals surface area contributed by atoms with E-state index in [0.29, 0.717) is 12.6 Å². The second-order valence-corrected chi connectivity index (χ2v) is 6.84. The van der Waals surface area contributed by atoms with Crippen molar-refractivity contribution in [3.05, 3.63) is 29.8 Å². The van der Waals surface area contributed by atoms with Crippen molar-refractivity contribution in [2.24, 2.45) is 0 Å². The standard InChI is InChI=1S/C20H32N2O3/c1-4-6-7-14-25-18-10-8-17(9-11-18)19(20(23)24)22-13-12-21(5-2)16(3)15-22/h8-11,16,19H,4-7,12-15H2,1-3H3,(H,23,24). The summed E-state index contributed by atoms with van der Waals surface area (Å²) in [6, 6.07) is 7.36. The van der Waals surface area contributed by atoms with Gasteiger partial charge in [-0.15, -0.1) is 0 Å². The van der Waals surface area contributed by atoms with Gasteiger partial charge < -0.3 is 9.84 Å². The SMILES string of the molecule is CCCCCOc1ccc(C(C(=O)O)N2CCN(CC)C(C)C2)cc1. The van der Waals surface area contributed by atoms with Crippen LogP contribution in [0, 0.1) is 0 Å². The van der Waals surface area contributed by atoms with E-state index in [0.717, 1.165) is 43.9 Å². The van der Waals surface area contributed by atoms with E-state index in [2.05, 4.69) is 30.6 Å². The molecule has 25 heavy (non-hydrogen) atoms. The minimum absolute atomic E-state index is 0.377. The molecule has 2 rings (SSSR count). The zero-order valence-corrected chi connectivity index (χ0v) is 15.8. The van der Waals surface area contributed by atoms with Crippen molar-refractivity contribution in [3.8, 4) is 5.75 Å². The Labute approximate surface area is 151 Å². The maximum absolute atomic E-state index is 11.9. The number of unbranched alkanes of at least 4 members (excludes halogenated alkanes) is 2. The quantitative estimate of drug-likeness (QED) is 0.693. The second kappa shape index (κ2) is 9.78. The van der Waals surface area contributed by atoms with Crippen molar-refractivity contribution in [1.82, 2.24) is 9.80 Å². The molecule has 1 fully saturated rings. The Bertz CT molecular complexity index is 532. The second-order valence-electron chi connectivity index (χ2n) is 6.84. The number of carboxylic acid groups (broad SMARTS) is 1. The van der Waals surface area contributed by atoms with E-state index in [1.807, 2.05) is 24.3 Å². The van der Waals surface area contributed by atoms with Gasteiger partial charge in [-0.1, -0.05) is 38.8 Å². The number of ether oxygens (including phenoxy) is 1. The molecule has 2 unspecified atom stereocenters. The van der Waals surface area contributed by atoms with Gasteiger partial charge in [-0.05, 0) is 37.6 Å². The normalized spacial score (nSPS) is 20.4. The molecule has 5 nitrogen and oxygen atoms in total. The number of hydrogen-bond donors (Lipinski definition) is 1. The van der Waals surface area contributed by atoms with Crippen molar-refractivity contribution in [2.45, 2.75) is 52.1 Å². The number of carboxylic acids is 1. The van der Waals surface area contributed by atoms with E-state index in [9.17, 15) is 9.90 Å². The molecular weight excluding hydrogens is 316 g/mol. The van der Waals surface area contributed by atoms with Gasteiger partial charge >= 0.3 is 5.97 Å². The summed E-state index contributed by atoms with van der Waals surface area (Å²) in [6.45, 7) is 10.7. The van der Waals surface area contributed by atoms with Crippen LogP contribution in [0.2, 0.25) is 0 Å². The highest BCUT2D eigenvalue weighted by Crippen LogP contribution is 2.26. The summed E-state index contributed by atoms with van der Waals surface area (Å²) in [6.07, 6.45) is 3.39. The largest absolute Gasteiger partial charge is 0.494 e. The lowest BCUT2D eigenvalue weighted by Gasteiger charge is -2.41. The summed E-state index contributed by atoms with van der Waals surface area (Å²) >= 11 is 0. The summed E-state index contributed by atoms with van der Waals surface area (Å²) in [5.41, 5.74) is 0.825. The summed E-state index contributed by atoms with van der Waals surface area (Å²) in [7, 11) is 0. The van der Waals surface area contributed by atoms with Crippen LogP contribution in [0.4, 0.5) is 0 Å². The fourth-order valence-electron chi connectivity index (χ4n) is 3.53.